The van der Waals surface area contributed by atoms with Crippen LogP contribution in [0.1, 0.15) is 18.1 Å². The Balaban J connectivity index is 1.80. The van der Waals surface area contributed by atoms with E-state index in [9.17, 15) is 0 Å². The molecule has 0 bridgehead atoms. The molecule has 0 saturated heterocycles. The Kier molecular flexibility index (Phi) is 3.62. The van der Waals surface area contributed by atoms with Crippen LogP contribution < -0.4 is 10.2 Å². The van der Waals surface area contributed by atoms with Gasteiger partial charge in [-0.1, -0.05) is 42.1 Å². The predicted octanol–water partition coefficient (Wildman–Crippen LogP) is 4.50. The van der Waals surface area contributed by atoms with Crippen LogP contribution in [-0.2, 0) is 6.54 Å². The van der Waals surface area contributed by atoms with E-state index in [2.05, 4.69) is 73.6 Å². The van der Waals surface area contributed by atoms with Crippen LogP contribution in [0.2, 0.25) is 0 Å². The van der Waals surface area contributed by atoms with Gasteiger partial charge in [-0.3, -0.25) is 0 Å². The van der Waals surface area contributed by atoms with Gasteiger partial charge in [0.2, 0.25) is 0 Å². The van der Waals surface area contributed by atoms with E-state index < -0.39 is 0 Å². The highest BCUT2D eigenvalue weighted by Crippen LogP contribution is 2.44. The van der Waals surface area contributed by atoms with Crippen molar-refractivity contribution >= 4 is 23.1 Å². The van der Waals surface area contributed by atoms with Crippen LogP contribution in [0.4, 0.5) is 11.4 Å². The summed E-state index contributed by atoms with van der Waals surface area (Å²) in [6.07, 6.45) is 0. The first-order chi connectivity index (χ1) is 9.65. The van der Waals surface area contributed by atoms with Crippen molar-refractivity contribution < 1.29 is 0 Å². The molecule has 0 saturated carbocycles. The Morgan fingerprint density at radius 3 is 2.70 bits per heavy atom. The first-order valence-corrected chi connectivity index (χ1v) is 7.85. The van der Waals surface area contributed by atoms with Crippen LogP contribution in [0.3, 0.4) is 0 Å². The van der Waals surface area contributed by atoms with Crippen LogP contribution in [0.15, 0.2) is 47.4 Å². The summed E-state index contributed by atoms with van der Waals surface area (Å²) in [5, 5.41) is 4.08. The molecule has 0 spiro atoms. The molecule has 1 heterocycles. The Morgan fingerprint density at radius 1 is 1.20 bits per heavy atom. The number of rotatable bonds is 3. The van der Waals surface area contributed by atoms with E-state index in [4.69, 9.17) is 0 Å². The number of hydrogen-bond acceptors (Lipinski definition) is 3. The smallest absolute Gasteiger partial charge is 0.0766 e. The maximum absolute atomic E-state index is 3.56. The molecule has 104 valence electrons. The zero-order chi connectivity index (χ0) is 14.1. The molecular weight excluding hydrogens is 264 g/mol. The summed E-state index contributed by atoms with van der Waals surface area (Å²) < 4.78 is 0. The second-order valence-electron chi connectivity index (χ2n) is 5.30. The summed E-state index contributed by atoms with van der Waals surface area (Å²) in [6.45, 7) is 5.29. The highest BCUT2D eigenvalue weighted by Gasteiger charge is 2.24. The maximum atomic E-state index is 3.56. The highest BCUT2D eigenvalue weighted by atomic mass is 32.2. The number of aryl methyl sites for hydroxylation is 1. The number of anilines is 2. The molecule has 2 nitrogen and oxygen atoms in total. The average Bonchev–Trinajstić information content (AvgIpc) is 2.73. The summed E-state index contributed by atoms with van der Waals surface area (Å²) in [5.74, 6) is 0. The molecule has 1 aliphatic heterocycles. The first-order valence-electron chi connectivity index (χ1n) is 6.97. The van der Waals surface area contributed by atoms with Crippen molar-refractivity contribution in [2.24, 2.45) is 0 Å². The molecule has 1 N–H and O–H groups in total. The molecule has 3 rings (SSSR count). The summed E-state index contributed by atoms with van der Waals surface area (Å²) >= 11 is 1.93. The van der Waals surface area contributed by atoms with Gasteiger partial charge in [0.15, 0.2) is 0 Å². The molecule has 0 aliphatic carbocycles. The first kappa shape index (κ1) is 13.4. The fourth-order valence-electron chi connectivity index (χ4n) is 2.49. The molecule has 20 heavy (non-hydrogen) atoms. The van der Waals surface area contributed by atoms with Crippen LogP contribution in [0, 0.1) is 6.92 Å². The van der Waals surface area contributed by atoms with E-state index in [1.807, 2.05) is 11.8 Å². The molecule has 1 aliphatic rings. The zero-order valence-corrected chi connectivity index (χ0v) is 13.0. The number of fused-ring (bicyclic) bond motifs is 1. The van der Waals surface area contributed by atoms with Gasteiger partial charge in [-0.2, -0.15) is 0 Å². The molecule has 2 aromatic carbocycles. The number of hydrogen-bond donors (Lipinski definition) is 1. The lowest BCUT2D eigenvalue weighted by atomic mass is 10.1. The minimum absolute atomic E-state index is 0.522. The van der Waals surface area contributed by atoms with Crippen molar-refractivity contribution in [2.75, 3.05) is 17.3 Å². The summed E-state index contributed by atoms with van der Waals surface area (Å²) in [4.78, 5) is 3.72. The second kappa shape index (κ2) is 5.41. The van der Waals surface area contributed by atoms with Gasteiger partial charge in [-0.25, -0.2) is 0 Å². The van der Waals surface area contributed by atoms with Crippen molar-refractivity contribution in [2.45, 2.75) is 30.7 Å². The second-order valence-corrected chi connectivity index (χ2v) is 6.66. The van der Waals surface area contributed by atoms with Gasteiger partial charge >= 0.3 is 0 Å². The van der Waals surface area contributed by atoms with E-state index in [0.29, 0.717) is 5.37 Å². The molecule has 3 heteroatoms. The molecule has 0 radical (unpaired) electrons. The van der Waals surface area contributed by atoms with E-state index in [1.54, 1.807) is 0 Å². The monoisotopic (exact) mass is 284 g/mol. The predicted molar refractivity (Wildman–Crippen MR) is 88.7 cm³/mol. The van der Waals surface area contributed by atoms with Gasteiger partial charge in [0.1, 0.15) is 0 Å². The molecule has 1 unspecified atom stereocenters. The number of thioether (sulfide) groups is 1. The van der Waals surface area contributed by atoms with Crippen molar-refractivity contribution in [3.8, 4) is 0 Å². The summed E-state index contributed by atoms with van der Waals surface area (Å²) in [7, 11) is 2.17. The van der Waals surface area contributed by atoms with Gasteiger partial charge in [0.25, 0.3) is 0 Å². The molecule has 1 atom stereocenters. The molecule has 0 aromatic heterocycles. The maximum Gasteiger partial charge on any atom is 0.0766 e. The van der Waals surface area contributed by atoms with Gasteiger partial charge in [-0.15, -0.1) is 0 Å². The molecule has 0 fully saturated rings. The van der Waals surface area contributed by atoms with Crippen molar-refractivity contribution in [1.29, 1.82) is 0 Å². The minimum atomic E-state index is 0.522. The van der Waals surface area contributed by atoms with Crippen LogP contribution in [-0.4, -0.2) is 12.4 Å². The van der Waals surface area contributed by atoms with Crippen LogP contribution >= 0.6 is 11.8 Å². The van der Waals surface area contributed by atoms with Gasteiger partial charge in [0, 0.05) is 24.2 Å². The normalized spacial score (nSPS) is 17.1. The van der Waals surface area contributed by atoms with E-state index in [0.717, 1.165) is 6.54 Å². The van der Waals surface area contributed by atoms with E-state index in [-0.39, 0.29) is 0 Å². The number of nitrogens with zero attached hydrogens (tertiary/aromatic N) is 1. The highest BCUT2D eigenvalue weighted by molar-refractivity contribution is 8.00. The SMILES string of the molecule is Cc1cc2c(cc1NCc1ccccc1)SC(C)N2C. The summed E-state index contributed by atoms with van der Waals surface area (Å²) in [6, 6.07) is 15.1. The van der Waals surface area contributed by atoms with Gasteiger partial charge in [-0.05, 0) is 37.1 Å². The largest absolute Gasteiger partial charge is 0.381 e. The molecule has 0 amide bonds. The fourth-order valence-corrected chi connectivity index (χ4v) is 3.63. The Labute approximate surface area is 125 Å². The van der Waals surface area contributed by atoms with Gasteiger partial charge < -0.3 is 10.2 Å². The third-order valence-corrected chi connectivity index (χ3v) is 5.09. The Morgan fingerprint density at radius 2 is 1.95 bits per heavy atom. The number of nitrogens with one attached hydrogen (secondary N) is 1. The number of benzene rings is 2. The Hall–Kier alpha value is -1.61. The zero-order valence-electron chi connectivity index (χ0n) is 12.2. The average molecular weight is 284 g/mol. The fraction of sp³-hybridized carbons (Fsp3) is 0.294. The lowest BCUT2D eigenvalue weighted by Gasteiger charge is -2.18. The van der Waals surface area contributed by atoms with E-state index in [1.165, 1.54) is 27.4 Å². The Bertz CT molecular complexity index is 610. The molecular formula is C17H20N2S. The third kappa shape index (κ3) is 2.50. The van der Waals surface area contributed by atoms with Crippen LogP contribution in [0.5, 0.6) is 0 Å². The minimum Gasteiger partial charge on any atom is -0.381 e. The lowest BCUT2D eigenvalue weighted by Crippen LogP contribution is -2.20. The topological polar surface area (TPSA) is 15.3 Å². The molecule has 2 aromatic rings. The van der Waals surface area contributed by atoms with Crippen molar-refractivity contribution in [1.82, 2.24) is 0 Å². The summed E-state index contributed by atoms with van der Waals surface area (Å²) in [5.41, 5.74) is 5.21. The standard InChI is InChI=1S/C17H20N2S/c1-12-9-16-17(20-13(2)19(16)3)10-15(12)18-11-14-7-5-4-6-8-14/h4-10,13,18H,11H2,1-3H3. The van der Waals surface area contributed by atoms with Crippen molar-refractivity contribution in [3.05, 3.63) is 53.6 Å². The van der Waals surface area contributed by atoms with Gasteiger partial charge in [0.05, 0.1) is 11.1 Å². The third-order valence-electron chi connectivity index (χ3n) is 3.85. The van der Waals surface area contributed by atoms with Crippen LogP contribution in [0.25, 0.3) is 0 Å². The van der Waals surface area contributed by atoms with Crippen molar-refractivity contribution in [3.63, 3.8) is 0 Å². The lowest BCUT2D eigenvalue weighted by molar-refractivity contribution is 0.922. The quantitative estimate of drug-likeness (QED) is 0.893. The van der Waals surface area contributed by atoms with E-state index >= 15 is 0 Å².